The van der Waals surface area contributed by atoms with E-state index in [1.54, 1.807) is 0 Å². The van der Waals surface area contributed by atoms with Gasteiger partial charge in [0, 0.05) is 25.7 Å². The van der Waals surface area contributed by atoms with Gasteiger partial charge in [-0.15, -0.1) is 0 Å². The summed E-state index contributed by atoms with van der Waals surface area (Å²) in [6.07, 6.45) is 48.4. The SMILES string of the molecule is CCCCCCCCCCCCCCC(=O)O[C@H](COC(=O)CCCCCCCCCC)COP(=O)(O)OC[C@H](O)COP(=O)(O)OC[C@@H](COC(=O)CCCCCCCCCCC(C)CC)OC(=O)CCCCCCCCCCCCCCCCC(C)CC. The first-order valence-electron chi connectivity index (χ1n) is 37.1. The molecule has 0 rings (SSSR count). The number of hydrogen-bond donors (Lipinski definition) is 3. The molecule has 4 unspecified atom stereocenters. The Morgan fingerprint density at radius 3 is 0.789 bits per heavy atom. The number of ether oxygens (including phenoxy) is 4. The van der Waals surface area contributed by atoms with Crippen molar-refractivity contribution in [1.82, 2.24) is 0 Å². The molecule has 19 heteroatoms. The number of phosphoric ester groups is 2. The van der Waals surface area contributed by atoms with Crippen LogP contribution in [0.4, 0.5) is 0 Å². The minimum Gasteiger partial charge on any atom is -0.462 e. The van der Waals surface area contributed by atoms with E-state index in [0.29, 0.717) is 25.7 Å². The average molecular weight is 1330 g/mol. The molecule has 0 aliphatic carbocycles. The van der Waals surface area contributed by atoms with Gasteiger partial charge in [0.2, 0.25) is 0 Å². The van der Waals surface area contributed by atoms with E-state index in [4.69, 9.17) is 37.0 Å². The third kappa shape index (κ3) is 62.2. The third-order valence-corrected chi connectivity index (χ3v) is 19.1. The Labute approximate surface area is 549 Å². The molecule has 0 saturated carbocycles. The highest BCUT2D eigenvalue weighted by Crippen LogP contribution is 2.45. The molecule has 0 aliphatic heterocycles. The smallest absolute Gasteiger partial charge is 0.462 e. The van der Waals surface area contributed by atoms with Gasteiger partial charge in [-0.1, -0.05) is 311 Å². The Bertz CT molecular complexity index is 1760. The molecule has 0 saturated heterocycles. The summed E-state index contributed by atoms with van der Waals surface area (Å²) in [5.41, 5.74) is 0. The van der Waals surface area contributed by atoms with Gasteiger partial charge in [-0.25, -0.2) is 9.13 Å². The van der Waals surface area contributed by atoms with Crippen LogP contribution in [0.25, 0.3) is 0 Å². The minimum absolute atomic E-state index is 0.107. The molecule has 3 N–H and O–H groups in total. The number of aliphatic hydroxyl groups is 1. The van der Waals surface area contributed by atoms with Crippen LogP contribution in [0.3, 0.4) is 0 Å². The van der Waals surface area contributed by atoms with Crippen molar-refractivity contribution in [3.05, 3.63) is 0 Å². The van der Waals surface area contributed by atoms with Crippen LogP contribution in [0.1, 0.15) is 363 Å². The van der Waals surface area contributed by atoms with Crippen molar-refractivity contribution in [3.63, 3.8) is 0 Å². The summed E-state index contributed by atoms with van der Waals surface area (Å²) < 4.78 is 68.3. The van der Waals surface area contributed by atoms with Crippen LogP contribution < -0.4 is 0 Å². The summed E-state index contributed by atoms with van der Waals surface area (Å²) in [5, 5.41) is 10.6. The monoisotopic (exact) mass is 1320 g/mol. The summed E-state index contributed by atoms with van der Waals surface area (Å²) in [6, 6.07) is 0. The van der Waals surface area contributed by atoms with Crippen molar-refractivity contribution in [2.75, 3.05) is 39.6 Å². The zero-order valence-electron chi connectivity index (χ0n) is 58.4. The van der Waals surface area contributed by atoms with Gasteiger partial charge in [-0.3, -0.25) is 37.3 Å². The van der Waals surface area contributed by atoms with E-state index in [0.717, 1.165) is 108 Å². The van der Waals surface area contributed by atoms with Crippen LogP contribution in [0, 0.1) is 11.8 Å². The summed E-state index contributed by atoms with van der Waals surface area (Å²) in [5.74, 6) is -0.501. The Hall–Kier alpha value is -1.94. The first-order chi connectivity index (χ1) is 43.4. The van der Waals surface area contributed by atoms with Gasteiger partial charge in [0.15, 0.2) is 12.2 Å². The lowest BCUT2D eigenvalue weighted by atomic mass is 9.99. The number of phosphoric acid groups is 2. The van der Waals surface area contributed by atoms with E-state index in [9.17, 15) is 43.2 Å². The molecular weight excluding hydrogens is 1190 g/mol. The van der Waals surface area contributed by atoms with E-state index in [1.165, 1.54) is 173 Å². The molecule has 0 aliphatic rings. The zero-order chi connectivity index (χ0) is 66.5. The quantitative estimate of drug-likeness (QED) is 0.0222. The number of rotatable bonds is 70. The van der Waals surface area contributed by atoms with E-state index in [-0.39, 0.29) is 25.7 Å². The molecular formula is C71H138O17P2. The van der Waals surface area contributed by atoms with Crippen LogP contribution in [0.5, 0.6) is 0 Å². The predicted molar refractivity (Wildman–Crippen MR) is 363 cm³/mol. The first-order valence-corrected chi connectivity index (χ1v) is 40.1. The lowest BCUT2D eigenvalue weighted by molar-refractivity contribution is -0.161. The Morgan fingerprint density at radius 1 is 0.311 bits per heavy atom. The number of hydrogen-bond acceptors (Lipinski definition) is 15. The van der Waals surface area contributed by atoms with Gasteiger partial charge in [-0.05, 0) is 37.5 Å². The molecule has 90 heavy (non-hydrogen) atoms. The zero-order valence-corrected chi connectivity index (χ0v) is 60.2. The van der Waals surface area contributed by atoms with Crippen molar-refractivity contribution in [2.45, 2.75) is 381 Å². The second-order valence-corrected chi connectivity index (χ2v) is 29.0. The van der Waals surface area contributed by atoms with Gasteiger partial charge in [0.25, 0.3) is 0 Å². The lowest BCUT2D eigenvalue weighted by Crippen LogP contribution is -2.30. The fourth-order valence-corrected chi connectivity index (χ4v) is 12.3. The van der Waals surface area contributed by atoms with Crippen LogP contribution >= 0.6 is 15.6 Å². The topological polar surface area (TPSA) is 237 Å². The number of carbonyl (C=O) groups is 4. The van der Waals surface area contributed by atoms with Gasteiger partial charge >= 0.3 is 39.5 Å². The molecule has 17 nitrogen and oxygen atoms in total. The van der Waals surface area contributed by atoms with Gasteiger partial charge in [-0.2, -0.15) is 0 Å². The highest BCUT2D eigenvalue weighted by atomic mass is 31.2. The van der Waals surface area contributed by atoms with Crippen molar-refractivity contribution in [3.8, 4) is 0 Å². The summed E-state index contributed by atoms with van der Waals surface area (Å²) >= 11 is 0. The van der Waals surface area contributed by atoms with Crippen molar-refractivity contribution in [1.29, 1.82) is 0 Å². The second kappa shape index (κ2) is 63.1. The maximum absolute atomic E-state index is 13.0. The fourth-order valence-electron chi connectivity index (χ4n) is 10.7. The molecule has 0 spiro atoms. The van der Waals surface area contributed by atoms with Gasteiger partial charge < -0.3 is 33.8 Å². The highest BCUT2D eigenvalue weighted by molar-refractivity contribution is 7.47. The highest BCUT2D eigenvalue weighted by Gasteiger charge is 2.30. The number of unbranched alkanes of at least 4 members (excludes halogenated alkanes) is 38. The first kappa shape index (κ1) is 88.1. The Balaban J connectivity index is 5.21. The number of aliphatic hydroxyl groups excluding tert-OH is 1. The van der Waals surface area contributed by atoms with Crippen molar-refractivity contribution in [2.24, 2.45) is 11.8 Å². The van der Waals surface area contributed by atoms with E-state index in [2.05, 4.69) is 41.5 Å². The second-order valence-electron chi connectivity index (χ2n) is 26.1. The van der Waals surface area contributed by atoms with Gasteiger partial charge in [0.1, 0.15) is 19.3 Å². The molecule has 0 fully saturated rings. The summed E-state index contributed by atoms with van der Waals surface area (Å²) in [6.45, 7) is 9.59. The number of esters is 4. The molecule has 0 aromatic heterocycles. The largest absolute Gasteiger partial charge is 0.472 e. The van der Waals surface area contributed by atoms with E-state index >= 15 is 0 Å². The normalized spacial score (nSPS) is 14.7. The molecule has 0 amide bonds. The van der Waals surface area contributed by atoms with Crippen molar-refractivity contribution >= 4 is 39.5 Å². The fraction of sp³-hybridized carbons (Fsp3) is 0.944. The molecule has 0 bridgehead atoms. The lowest BCUT2D eigenvalue weighted by Gasteiger charge is -2.21. The van der Waals surface area contributed by atoms with Crippen LogP contribution in [0.15, 0.2) is 0 Å². The summed E-state index contributed by atoms with van der Waals surface area (Å²) in [7, 11) is -9.90. The average Bonchev–Trinajstić information content (AvgIpc) is 3.21. The van der Waals surface area contributed by atoms with Crippen LogP contribution in [-0.4, -0.2) is 96.7 Å². The predicted octanol–water partition coefficient (Wildman–Crippen LogP) is 20.4. The number of carbonyl (C=O) groups excluding carboxylic acids is 4. The van der Waals surface area contributed by atoms with Crippen molar-refractivity contribution < 1.29 is 80.2 Å². The molecule has 0 heterocycles. The van der Waals surface area contributed by atoms with E-state index in [1.807, 2.05) is 0 Å². The molecule has 0 aromatic rings. The van der Waals surface area contributed by atoms with E-state index < -0.39 is 97.5 Å². The molecule has 534 valence electrons. The van der Waals surface area contributed by atoms with Crippen LogP contribution in [-0.2, 0) is 65.4 Å². The standard InChI is InChI=1S/C71H138O17P2/c1-7-11-13-15-17-19-20-26-29-37-43-49-55-70(75)87-66(59-81-68(73)53-47-41-35-18-16-14-12-8-2)61-85-89(77,78)83-57-65(72)58-84-90(79,80)86-62-67(60-82-69(74)54-48-42-36-32-31-34-40-46-52-64(6)10-4)88-71(76)56-50-44-38-30-27-24-22-21-23-25-28-33-39-45-51-63(5)9-3/h63-67,72H,7-62H2,1-6H3,(H,77,78)(H,79,80)/t63?,64?,65-,66+,67+/m0/s1. The molecule has 0 radical (unpaired) electrons. The van der Waals surface area contributed by atoms with Crippen LogP contribution in [0.2, 0.25) is 0 Å². The minimum atomic E-state index is -4.95. The third-order valence-electron chi connectivity index (χ3n) is 17.2. The maximum Gasteiger partial charge on any atom is 0.472 e. The maximum atomic E-state index is 13.0. The molecule has 7 atom stereocenters. The Morgan fingerprint density at radius 2 is 0.533 bits per heavy atom. The summed E-state index contributed by atoms with van der Waals surface area (Å²) in [4.78, 5) is 72.5. The van der Waals surface area contributed by atoms with Gasteiger partial charge in [0.05, 0.1) is 26.4 Å². The molecule has 0 aromatic carbocycles. The Kier molecular flexibility index (Phi) is 61.8.